The van der Waals surface area contributed by atoms with E-state index in [1.54, 1.807) is 32.5 Å². The number of halogens is 3. The van der Waals surface area contributed by atoms with Crippen molar-refractivity contribution in [2.45, 2.75) is 39.9 Å². The van der Waals surface area contributed by atoms with E-state index in [1.165, 1.54) is 6.07 Å². The zero-order valence-electron chi connectivity index (χ0n) is 28.8. The molecule has 0 radical (unpaired) electrons. The summed E-state index contributed by atoms with van der Waals surface area (Å²) in [5, 5.41) is 11.0. The van der Waals surface area contributed by atoms with Crippen molar-refractivity contribution in [2.24, 2.45) is 5.41 Å². The van der Waals surface area contributed by atoms with Gasteiger partial charge in [0.15, 0.2) is 11.5 Å². The third kappa shape index (κ3) is 9.16. The second kappa shape index (κ2) is 15.5. The molecule has 258 valence electrons. The average Bonchev–Trinajstić information content (AvgIpc) is 3.44. The minimum atomic E-state index is -4.69. The number of carbonyl (C=O) groups excluding carboxylic acids is 1. The number of hydrogen-bond acceptors (Lipinski definition) is 12. The Morgan fingerprint density at radius 2 is 1.86 bits per heavy atom. The monoisotopic (exact) mass is 693 g/mol. The molecule has 0 amide bonds. The number of carboxylic acids is 1. The number of ether oxygens (including phenoxy) is 2. The van der Waals surface area contributed by atoms with Crippen LogP contribution >= 0.6 is 0 Å². The second-order valence-electron chi connectivity index (χ2n) is 12.7. The first-order chi connectivity index (χ1) is 22.7. The van der Waals surface area contributed by atoms with E-state index >= 15 is 0 Å². The summed E-state index contributed by atoms with van der Waals surface area (Å²) >= 11 is 0. The van der Waals surface area contributed by atoms with Crippen molar-refractivity contribution in [1.29, 1.82) is 0 Å². The molecule has 17 heteroatoms. The standard InChI is InChI=1S/C32H40F3N9O4.Na/c1-7-48-26-11-20(10-24(39-26)32(33,34)35)21-12-23(42(5)17-31(3,4)18-47-6)28-30(38-21)41-29(40-28)22-13-37-25(14-36-22)44-9-8-43(15-19(44)2)16-27(45)46;/h10-14,19H,7-9,15-18H2,1-6H3,(H,45,46)(H,38,40,41);/q;+1/p-1/t19-;/m1./s1. The number of aromatic nitrogens is 6. The summed E-state index contributed by atoms with van der Waals surface area (Å²) in [6.07, 6.45) is -1.47. The third-order valence-electron chi connectivity index (χ3n) is 7.97. The number of anilines is 2. The third-order valence-corrected chi connectivity index (χ3v) is 7.97. The van der Waals surface area contributed by atoms with Crippen LogP contribution in [0.25, 0.3) is 33.9 Å². The Hall–Kier alpha value is -3.57. The molecule has 49 heavy (non-hydrogen) atoms. The van der Waals surface area contributed by atoms with E-state index in [1.807, 2.05) is 23.8 Å². The zero-order valence-corrected chi connectivity index (χ0v) is 30.8. The first-order valence-electron chi connectivity index (χ1n) is 15.5. The van der Waals surface area contributed by atoms with Gasteiger partial charge in [-0.1, -0.05) is 13.8 Å². The van der Waals surface area contributed by atoms with Gasteiger partial charge in [-0.15, -0.1) is 0 Å². The molecule has 0 saturated carbocycles. The average molecular weight is 694 g/mol. The van der Waals surface area contributed by atoms with Crippen LogP contribution in [0.1, 0.15) is 33.4 Å². The molecule has 1 N–H and O–H groups in total. The fourth-order valence-electron chi connectivity index (χ4n) is 6.02. The molecule has 1 fully saturated rings. The molecule has 0 bridgehead atoms. The number of carboxylic acid groups (broad SMARTS) is 1. The smallest absolute Gasteiger partial charge is 0.549 e. The molecule has 1 saturated heterocycles. The molecule has 0 aliphatic carbocycles. The molecule has 4 aromatic rings. The van der Waals surface area contributed by atoms with Gasteiger partial charge in [0.1, 0.15) is 22.7 Å². The summed E-state index contributed by atoms with van der Waals surface area (Å²) in [4.78, 5) is 42.4. The number of nitrogens with zero attached hydrogens (tertiary/aromatic N) is 8. The van der Waals surface area contributed by atoms with Crippen LogP contribution in [0.2, 0.25) is 0 Å². The van der Waals surface area contributed by atoms with Gasteiger partial charge in [0, 0.05) is 70.0 Å². The number of aromatic amines is 1. The van der Waals surface area contributed by atoms with E-state index in [0.717, 1.165) is 6.07 Å². The van der Waals surface area contributed by atoms with Gasteiger partial charge in [-0.2, -0.15) is 13.2 Å². The van der Waals surface area contributed by atoms with Crippen LogP contribution in [0, 0.1) is 5.41 Å². The van der Waals surface area contributed by atoms with E-state index in [9.17, 15) is 23.1 Å². The molecule has 4 aromatic heterocycles. The van der Waals surface area contributed by atoms with Crippen molar-refractivity contribution >= 4 is 28.6 Å². The maximum Gasteiger partial charge on any atom is 1.00 e. The van der Waals surface area contributed by atoms with Crippen LogP contribution < -0.4 is 49.2 Å². The van der Waals surface area contributed by atoms with Gasteiger partial charge in [0.05, 0.1) is 43.0 Å². The number of rotatable bonds is 12. The number of nitrogens with one attached hydrogen (secondary N) is 1. The Bertz CT molecular complexity index is 1750. The van der Waals surface area contributed by atoms with Gasteiger partial charge in [-0.05, 0) is 26.0 Å². The van der Waals surface area contributed by atoms with E-state index in [4.69, 9.17) is 14.5 Å². The van der Waals surface area contributed by atoms with Crippen molar-refractivity contribution in [3.63, 3.8) is 0 Å². The van der Waals surface area contributed by atoms with Crippen molar-refractivity contribution in [1.82, 2.24) is 34.8 Å². The molecule has 1 aliphatic rings. The predicted molar refractivity (Wildman–Crippen MR) is 171 cm³/mol. The normalized spacial score (nSPS) is 15.7. The first kappa shape index (κ1) is 38.2. The molecule has 5 heterocycles. The van der Waals surface area contributed by atoms with Crippen LogP contribution in [0.4, 0.5) is 24.7 Å². The molecule has 0 spiro atoms. The summed E-state index contributed by atoms with van der Waals surface area (Å²) in [5.74, 6) is -0.248. The van der Waals surface area contributed by atoms with E-state index in [0.29, 0.717) is 61.3 Å². The zero-order chi connectivity index (χ0) is 34.8. The quantitative estimate of drug-likeness (QED) is 0.203. The topological polar surface area (TPSA) is 149 Å². The predicted octanol–water partition coefficient (Wildman–Crippen LogP) is 0.268. The van der Waals surface area contributed by atoms with Crippen molar-refractivity contribution in [2.75, 3.05) is 69.9 Å². The van der Waals surface area contributed by atoms with Gasteiger partial charge in [0.25, 0.3) is 0 Å². The number of aliphatic carboxylic acids is 1. The first-order valence-corrected chi connectivity index (χ1v) is 15.5. The molecule has 0 unspecified atom stereocenters. The Morgan fingerprint density at radius 3 is 2.47 bits per heavy atom. The van der Waals surface area contributed by atoms with E-state index in [2.05, 4.69) is 43.7 Å². The number of hydrogen-bond donors (Lipinski definition) is 1. The van der Waals surface area contributed by atoms with E-state index in [-0.39, 0.29) is 77.0 Å². The van der Waals surface area contributed by atoms with Gasteiger partial charge in [-0.25, -0.2) is 24.9 Å². The Balaban J connectivity index is 0.00000541. The number of alkyl halides is 3. The van der Waals surface area contributed by atoms with Crippen LogP contribution in [0.3, 0.4) is 0 Å². The summed E-state index contributed by atoms with van der Waals surface area (Å²) in [7, 11) is 3.52. The van der Waals surface area contributed by atoms with Crippen molar-refractivity contribution in [3.05, 3.63) is 36.3 Å². The maximum absolute atomic E-state index is 13.8. The minimum absolute atomic E-state index is 0. The van der Waals surface area contributed by atoms with Crippen LogP contribution in [-0.4, -0.2) is 107 Å². The number of methoxy groups -OCH3 is 1. The summed E-state index contributed by atoms with van der Waals surface area (Å²) in [5.41, 5.74) is 1.03. The summed E-state index contributed by atoms with van der Waals surface area (Å²) < 4.78 is 52.3. The molecular formula is C32H39F3N9NaO4. The van der Waals surface area contributed by atoms with E-state index < -0.39 is 17.8 Å². The Labute approximate surface area is 304 Å². The number of H-pyrrole nitrogens is 1. The Kier molecular flexibility index (Phi) is 12.1. The molecule has 13 nitrogen and oxygen atoms in total. The molecule has 5 rings (SSSR count). The number of carbonyl (C=O) groups is 1. The van der Waals surface area contributed by atoms with Crippen molar-refractivity contribution < 1.29 is 62.1 Å². The van der Waals surface area contributed by atoms with Gasteiger partial charge < -0.3 is 34.2 Å². The van der Waals surface area contributed by atoms with Crippen molar-refractivity contribution in [3.8, 4) is 28.7 Å². The fourth-order valence-corrected chi connectivity index (χ4v) is 6.02. The SMILES string of the molecule is CCOc1cc(-c2cc(N(C)CC(C)(C)COC)c3[nH]c(-c4cnc(N5CCN(CC(=O)[O-])C[C@H]5C)cn4)nc3n2)cc(C(F)(F)F)n1.[Na+]. The van der Waals surface area contributed by atoms with Crippen LogP contribution in [0.5, 0.6) is 5.88 Å². The van der Waals surface area contributed by atoms with Crippen LogP contribution in [-0.2, 0) is 15.7 Å². The summed E-state index contributed by atoms with van der Waals surface area (Å²) in [6.45, 7) is 10.5. The maximum atomic E-state index is 13.8. The summed E-state index contributed by atoms with van der Waals surface area (Å²) in [6, 6.07) is 4.10. The molecule has 1 atom stereocenters. The molecular weight excluding hydrogens is 654 g/mol. The number of pyridine rings is 2. The molecule has 1 aliphatic heterocycles. The minimum Gasteiger partial charge on any atom is -0.549 e. The second-order valence-corrected chi connectivity index (χ2v) is 12.7. The molecule has 0 aromatic carbocycles. The number of imidazole rings is 1. The van der Waals surface area contributed by atoms with Crippen LogP contribution in [0.15, 0.2) is 30.6 Å². The van der Waals surface area contributed by atoms with Gasteiger partial charge in [-0.3, -0.25) is 4.90 Å². The van der Waals surface area contributed by atoms with Gasteiger partial charge >= 0.3 is 35.7 Å². The fraction of sp³-hybridized carbons (Fsp3) is 0.500. The number of piperazine rings is 1. The van der Waals surface area contributed by atoms with Gasteiger partial charge in [0.2, 0.25) is 5.88 Å². The number of fused-ring (bicyclic) bond motifs is 1. The largest absolute Gasteiger partial charge is 1.00 e. The Morgan fingerprint density at radius 1 is 1.10 bits per heavy atom.